The molecule has 4 rings (SSSR count). The fourth-order valence-electron chi connectivity index (χ4n) is 4.61. The number of ether oxygens (including phenoxy) is 2. The molecular weight excluding hydrogens is 492 g/mol. The van der Waals surface area contributed by atoms with Crippen molar-refractivity contribution >= 4 is 17.8 Å². The summed E-state index contributed by atoms with van der Waals surface area (Å²) < 4.78 is 51.0. The van der Waals surface area contributed by atoms with Crippen LogP contribution in [0, 0.1) is 0 Å². The quantitative estimate of drug-likeness (QED) is 0.372. The van der Waals surface area contributed by atoms with Gasteiger partial charge in [0.2, 0.25) is 5.91 Å². The molecule has 0 fully saturated rings. The normalized spacial score (nSPS) is 17.8. The maximum atomic E-state index is 13.9. The van der Waals surface area contributed by atoms with Crippen LogP contribution in [-0.2, 0) is 49.9 Å². The fraction of sp³-hybridized carbons (Fsp3) is 0.344. The molecule has 1 amide bonds. The Morgan fingerprint density at radius 2 is 1.67 bits per heavy atom. The zero-order chi connectivity index (χ0) is 32.0. The van der Waals surface area contributed by atoms with Crippen molar-refractivity contribution in [3.8, 4) is 0 Å². The number of nitrogens with one attached hydrogen (secondary N) is 1. The van der Waals surface area contributed by atoms with Crippen LogP contribution in [-0.4, -0.2) is 47.5 Å². The monoisotopic (exact) mass is 533 g/mol. The lowest BCUT2D eigenvalue weighted by atomic mass is 9.93. The largest absolute Gasteiger partial charge is 0.465 e. The number of nitrogens with zero attached hydrogens (tertiary/aromatic N) is 1. The summed E-state index contributed by atoms with van der Waals surface area (Å²) in [5, 5.41) is 3.02. The second kappa shape index (κ2) is 13.7. The Balaban J connectivity index is 1.53. The van der Waals surface area contributed by atoms with Crippen molar-refractivity contribution in [2.24, 2.45) is 0 Å². The lowest BCUT2D eigenvalue weighted by Crippen LogP contribution is -2.56. The lowest BCUT2D eigenvalue weighted by molar-refractivity contribution is -0.158. The molecule has 204 valence electrons. The number of hydrogen-bond donors (Lipinski definition) is 1. The van der Waals surface area contributed by atoms with E-state index in [1.807, 2.05) is 54.6 Å². The molecule has 0 unspecified atom stereocenters. The summed E-state index contributed by atoms with van der Waals surface area (Å²) in [7, 11) is 0. The standard InChI is InChI=1S/C32H36N2O5/c1-3-38-31(36)28(19-18-24-12-6-4-7-13-24)33-23(2)30(35)34-21-27-17-11-10-16-26(27)20-29(34)32(37)39-22-25-14-8-5-9-15-25/h4-17,23,28-29,33H,3,18-22H2,1-2H3/t23-,28+,29-/m0/s1/i4D,6D,7D,12D,13D. The van der Waals surface area contributed by atoms with E-state index >= 15 is 0 Å². The second-order valence-electron chi connectivity index (χ2n) is 9.38. The Kier molecular flexibility index (Phi) is 7.70. The van der Waals surface area contributed by atoms with Crippen LogP contribution in [0.25, 0.3) is 0 Å². The number of benzene rings is 3. The van der Waals surface area contributed by atoms with Crippen LogP contribution >= 0.6 is 0 Å². The first-order chi connectivity index (χ1) is 21.0. The van der Waals surface area contributed by atoms with Gasteiger partial charge in [0.05, 0.1) is 19.5 Å². The summed E-state index contributed by atoms with van der Waals surface area (Å²) in [6.07, 6.45) is 0.257. The van der Waals surface area contributed by atoms with Gasteiger partial charge in [0.1, 0.15) is 18.7 Å². The second-order valence-corrected chi connectivity index (χ2v) is 9.38. The third-order valence-corrected chi connectivity index (χ3v) is 6.66. The number of fused-ring (bicyclic) bond motifs is 1. The van der Waals surface area contributed by atoms with E-state index in [4.69, 9.17) is 16.3 Å². The zero-order valence-corrected chi connectivity index (χ0v) is 22.2. The highest BCUT2D eigenvalue weighted by Gasteiger charge is 2.38. The van der Waals surface area contributed by atoms with E-state index in [1.165, 1.54) is 4.90 Å². The molecule has 1 N–H and O–H groups in total. The Morgan fingerprint density at radius 1 is 0.974 bits per heavy atom. The lowest BCUT2D eigenvalue weighted by Gasteiger charge is -2.37. The number of esters is 2. The minimum Gasteiger partial charge on any atom is -0.465 e. The van der Waals surface area contributed by atoms with Crippen molar-refractivity contribution in [1.29, 1.82) is 0 Å². The van der Waals surface area contributed by atoms with Crippen molar-refractivity contribution in [3.05, 3.63) is 107 Å². The fourth-order valence-corrected chi connectivity index (χ4v) is 4.61. The van der Waals surface area contributed by atoms with Crippen LogP contribution in [0.15, 0.2) is 84.8 Å². The third-order valence-electron chi connectivity index (χ3n) is 6.66. The van der Waals surface area contributed by atoms with Crippen molar-refractivity contribution in [1.82, 2.24) is 10.2 Å². The van der Waals surface area contributed by atoms with E-state index in [9.17, 15) is 14.4 Å². The van der Waals surface area contributed by atoms with Gasteiger partial charge in [0, 0.05) is 13.0 Å². The molecule has 7 nitrogen and oxygen atoms in total. The van der Waals surface area contributed by atoms with Crippen LogP contribution in [0.5, 0.6) is 0 Å². The molecule has 0 saturated heterocycles. The van der Waals surface area contributed by atoms with Gasteiger partial charge < -0.3 is 14.4 Å². The molecule has 0 spiro atoms. The van der Waals surface area contributed by atoms with E-state index in [0.717, 1.165) is 16.7 Å². The maximum absolute atomic E-state index is 13.9. The van der Waals surface area contributed by atoms with Crippen molar-refractivity contribution in [2.45, 2.75) is 64.4 Å². The highest BCUT2D eigenvalue weighted by atomic mass is 16.5. The zero-order valence-electron chi connectivity index (χ0n) is 27.2. The van der Waals surface area contributed by atoms with Crippen LogP contribution in [0.3, 0.4) is 0 Å². The van der Waals surface area contributed by atoms with E-state index in [1.54, 1.807) is 13.8 Å². The van der Waals surface area contributed by atoms with Gasteiger partial charge in [-0.05, 0) is 48.9 Å². The first-order valence-corrected chi connectivity index (χ1v) is 13.1. The average molecular weight is 534 g/mol. The molecule has 0 aliphatic carbocycles. The van der Waals surface area contributed by atoms with Crippen LogP contribution in [0.4, 0.5) is 0 Å². The van der Waals surface area contributed by atoms with Crippen LogP contribution < -0.4 is 5.32 Å². The van der Waals surface area contributed by atoms with Gasteiger partial charge in [-0.2, -0.15) is 0 Å². The van der Waals surface area contributed by atoms with Crippen LogP contribution in [0.1, 0.15) is 49.4 Å². The molecular formula is C32H36N2O5. The molecule has 3 aromatic rings. The molecule has 3 atom stereocenters. The summed E-state index contributed by atoms with van der Waals surface area (Å²) in [4.78, 5) is 41.6. The summed E-state index contributed by atoms with van der Waals surface area (Å²) in [5.74, 6) is -1.59. The van der Waals surface area contributed by atoms with Gasteiger partial charge in [0.15, 0.2) is 0 Å². The third kappa shape index (κ3) is 7.54. The van der Waals surface area contributed by atoms with Gasteiger partial charge >= 0.3 is 11.9 Å². The Morgan fingerprint density at radius 3 is 2.38 bits per heavy atom. The van der Waals surface area contributed by atoms with Gasteiger partial charge in [0.25, 0.3) is 0 Å². The SMILES string of the molecule is [2H]c1c([2H])c([2H])c(CC[C@@H](N[C@@H](C)C(=O)N2Cc3ccccc3C[C@H]2C(=O)OCc2ccccc2)C(=O)OCC)c([2H])c1[2H]. The number of amides is 1. The average Bonchev–Trinajstić information content (AvgIpc) is 3.04. The minimum absolute atomic E-state index is 0.00974. The highest BCUT2D eigenvalue weighted by molar-refractivity contribution is 5.89. The molecule has 3 aromatic carbocycles. The molecule has 0 bridgehead atoms. The van der Waals surface area contributed by atoms with Crippen molar-refractivity contribution in [3.63, 3.8) is 0 Å². The first-order valence-electron chi connectivity index (χ1n) is 15.6. The Labute approximate surface area is 237 Å². The summed E-state index contributed by atoms with van der Waals surface area (Å²) in [5.41, 5.74) is 2.74. The van der Waals surface area contributed by atoms with Gasteiger partial charge in [-0.15, -0.1) is 0 Å². The molecule has 7 heteroatoms. The molecule has 0 radical (unpaired) electrons. The summed E-state index contributed by atoms with van der Waals surface area (Å²) >= 11 is 0. The molecule has 0 saturated carbocycles. The summed E-state index contributed by atoms with van der Waals surface area (Å²) in [6, 6.07) is 11.9. The minimum atomic E-state index is -1.02. The van der Waals surface area contributed by atoms with E-state index < -0.39 is 54.1 Å². The molecule has 1 aliphatic heterocycles. The Bertz CT molecular complexity index is 1490. The van der Waals surface area contributed by atoms with Gasteiger partial charge in [-0.3, -0.25) is 14.9 Å². The predicted molar refractivity (Wildman–Crippen MR) is 149 cm³/mol. The van der Waals surface area contributed by atoms with Gasteiger partial charge in [-0.25, -0.2) is 4.79 Å². The topological polar surface area (TPSA) is 84.9 Å². The molecule has 0 aromatic heterocycles. The van der Waals surface area contributed by atoms with Crippen LogP contribution in [0.2, 0.25) is 0 Å². The highest BCUT2D eigenvalue weighted by Crippen LogP contribution is 2.25. The smallest absolute Gasteiger partial charge is 0.329 e. The van der Waals surface area contributed by atoms with Crippen molar-refractivity contribution < 1.29 is 30.7 Å². The molecule has 39 heavy (non-hydrogen) atoms. The number of rotatable bonds is 11. The van der Waals surface area contributed by atoms with E-state index in [2.05, 4.69) is 5.32 Å². The number of carbonyl (C=O) groups is 3. The van der Waals surface area contributed by atoms with Gasteiger partial charge in [-0.1, -0.05) is 84.8 Å². The number of hydrogen-bond acceptors (Lipinski definition) is 6. The summed E-state index contributed by atoms with van der Waals surface area (Å²) in [6.45, 7) is 3.57. The molecule has 1 aliphatic rings. The Hall–Kier alpha value is -3.97. The molecule has 1 heterocycles. The predicted octanol–water partition coefficient (Wildman–Crippen LogP) is 4.23. The number of carbonyl (C=O) groups excluding carboxylic acids is 3. The van der Waals surface area contributed by atoms with E-state index in [-0.39, 0.29) is 56.7 Å². The van der Waals surface area contributed by atoms with Crippen molar-refractivity contribution in [2.75, 3.05) is 6.61 Å². The maximum Gasteiger partial charge on any atom is 0.329 e. The first kappa shape index (κ1) is 21.9. The van der Waals surface area contributed by atoms with E-state index in [0.29, 0.717) is 0 Å².